The zero-order valence-corrected chi connectivity index (χ0v) is 15.1. The predicted molar refractivity (Wildman–Crippen MR) is 105 cm³/mol. The molecule has 0 radical (unpaired) electrons. The van der Waals surface area contributed by atoms with Gasteiger partial charge in [0.25, 0.3) is 11.5 Å². The van der Waals surface area contributed by atoms with Crippen molar-refractivity contribution in [2.75, 3.05) is 16.8 Å². The van der Waals surface area contributed by atoms with E-state index in [2.05, 4.69) is 41.0 Å². The second-order valence-electron chi connectivity index (χ2n) is 6.34. The van der Waals surface area contributed by atoms with Crippen LogP contribution in [0.4, 0.5) is 11.4 Å². The highest BCUT2D eigenvalue weighted by Gasteiger charge is 2.11. The number of nitrogens with zero attached hydrogens (tertiary/aromatic N) is 2. The zero-order chi connectivity index (χ0) is 18.7. The normalized spacial score (nSPS) is 10.9. The third kappa shape index (κ3) is 3.59. The summed E-state index contributed by atoms with van der Waals surface area (Å²) in [6.07, 6.45) is 1.36. The van der Waals surface area contributed by atoms with E-state index in [-0.39, 0.29) is 11.5 Å². The van der Waals surface area contributed by atoms with Crippen molar-refractivity contribution in [2.45, 2.75) is 26.8 Å². The Morgan fingerprint density at radius 1 is 1.19 bits per heavy atom. The van der Waals surface area contributed by atoms with Crippen LogP contribution < -0.4 is 15.8 Å². The molecule has 3 rings (SSSR count). The van der Waals surface area contributed by atoms with E-state index in [0.717, 1.165) is 12.2 Å². The molecular formula is C20H22N4O2. The molecule has 0 saturated carbocycles. The number of carbonyl (C=O) groups excluding carboxylic acids is 1. The third-order valence-electron chi connectivity index (χ3n) is 4.32. The lowest BCUT2D eigenvalue weighted by Crippen LogP contribution is -2.30. The van der Waals surface area contributed by atoms with E-state index in [0.29, 0.717) is 28.2 Å². The number of aromatic nitrogens is 2. The Balaban J connectivity index is 1.80. The summed E-state index contributed by atoms with van der Waals surface area (Å²) in [4.78, 5) is 33.2. The van der Waals surface area contributed by atoms with Gasteiger partial charge in [-0.25, -0.2) is 4.98 Å². The number of carbonyl (C=O) groups is 1. The van der Waals surface area contributed by atoms with Gasteiger partial charge in [-0.15, -0.1) is 0 Å². The Bertz CT molecular complexity index is 977. The average Bonchev–Trinajstić information content (AvgIpc) is 2.63. The largest absolute Gasteiger partial charge is 0.369 e. The Hall–Kier alpha value is -3.15. The van der Waals surface area contributed by atoms with Crippen molar-refractivity contribution < 1.29 is 4.79 Å². The quantitative estimate of drug-likeness (QED) is 0.739. The molecule has 1 heterocycles. The molecule has 0 bridgehead atoms. The van der Waals surface area contributed by atoms with E-state index < -0.39 is 0 Å². The molecule has 0 saturated heterocycles. The molecule has 0 spiro atoms. The Kier molecular flexibility index (Phi) is 5.02. The Morgan fingerprint density at radius 3 is 2.58 bits per heavy atom. The molecule has 2 aromatic carbocycles. The second-order valence-corrected chi connectivity index (χ2v) is 6.34. The minimum Gasteiger partial charge on any atom is -0.369 e. The summed E-state index contributed by atoms with van der Waals surface area (Å²) in [5, 5.41) is 3.27. The molecule has 1 amide bonds. The number of amides is 1. The predicted octanol–water partition coefficient (Wildman–Crippen LogP) is 3.41. The first-order valence-corrected chi connectivity index (χ1v) is 8.65. The highest BCUT2D eigenvalue weighted by molar-refractivity contribution is 6.05. The van der Waals surface area contributed by atoms with Gasteiger partial charge in [0.2, 0.25) is 0 Å². The molecule has 26 heavy (non-hydrogen) atoms. The lowest BCUT2D eigenvalue weighted by Gasteiger charge is -2.27. The smallest absolute Gasteiger partial charge is 0.258 e. The average molecular weight is 350 g/mol. The lowest BCUT2D eigenvalue weighted by atomic mass is 10.1. The summed E-state index contributed by atoms with van der Waals surface area (Å²) in [6, 6.07) is 13.0. The number of anilines is 2. The van der Waals surface area contributed by atoms with Crippen molar-refractivity contribution >= 4 is 28.2 Å². The van der Waals surface area contributed by atoms with E-state index in [1.165, 1.54) is 6.33 Å². The maximum absolute atomic E-state index is 12.5. The van der Waals surface area contributed by atoms with Crippen LogP contribution in [0, 0.1) is 0 Å². The van der Waals surface area contributed by atoms with E-state index in [1.807, 2.05) is 24.3 Å². The number of nitrogens with one attached hydrogen (secondary N) is 2. The summed E-state index contributed by atoms with van der Waals surface area (Å²) in [5.74, 6) is -0.219. The fourth-order valence-electron chi connectivity index (χ4n) is 3.00. The first-order chi connectivity index (χ1) is 12.5. The number of H-pyrrole nitrogens is 1. The molecule has 6 nitrogen and oxygen atoms in total. The van der Waals surface area contributed by atoms with Crippen molar-refractivity contribution in [3.05, 3.63) is 64.7 Å². The van der Waals surface area contributed by atoms with Crippen molar-refractivity contribution in [3.8, 4) is 0 Å². The molecule has 2 N–H and O–H groups in total. The molecule has 0 aliphatic heterocycles. The number of hydrogen-bond acceptors (Lipinski definition) is 4. The van der Waals surface area contributed by atoms with E-state index in [1.54, 1.807) is 18.2 Å². The van der Waals surface area contributed by atoms with Crippen LogP contribution in [-0.4, -0.2) is 28.5 Å². The van der Waals surface area contributed by atoms with Crippen LogP contribution >= 0.6 is 0 Å². The van der Waals surface area contributed by atoms with Crippen LogP contribution in [0.15, 0.2) is 53.6 Å². The van der Waals surface area contributed by atoms with Crippen LogP contribution in [0.5, 0.6) is 0 Å². The molecule has 0 atom stereocenters. The lowest BCUT2D eigenvalue weighted by molar-refractivity contribution is 0.102. The standard InChI is InChI=1S/C20H22N4O2/c1-4-24(13(2)3)16-8-5-14(6-9-16)19(25)23-15-7-10-18-17(11-15)20(26)22-12-21-18/h5-13H,4H2,1-3H3,(H,23,25)(H,21,22,26). The molecule has 0 fully saturated rings. The van der Waals surface area contributed by atoms with Gasteiger partial charge in [0.05, 0.1) is 17.2 Å². The maximum atomic E-state index is 12.5. The van der Waals surface area contributed by atoms with Crippen LogP contribution in [0.3, 0.4) is 0 Å². The summed E-state index contributed by atoms with van der Waals surface area (Å²) >= 11 is 0. The van der Waals surface area contributed by atoms with E-state index in [4.69, 9.17) is 0 Å². The van der Waals surface area contributed by atoms with Crippen LogP contribution in [-0.2, 0) is 0 Å². The minimum absolute atomic E-state index is 0.219. The SMILES string of the molecule is CCN(c1ccc(C(=O)Nc2ccc3nc[nH]c(=O)c3c2)cc1)C(C)C. The van der Waals surface area contributed by atoms with Gasteiger partial charge in [-0.05, 0) is 63.2 Å². The topological polar surface area (TPSA) is 78.1 Å². The molecule has 6 heteroatoms. The van der Waals surface area contributed by atoms with E-state index in [9.17, 15) is 9.59 Å². The summed E-state index contributed by atoms with van der Waals surface area (Å²) in [6.45, 7) is 7.29. The van der Waals surface area contributed by atoms with Gasteiger partial charge in [0.1, 0.15) is 0 Å². The van der Waals surface area contributed by atoms with Gasteiger partial charge >= 0.3 is 0 Å². The maximum Gasteiger partial charge on any atom is 0.258 e. The first kappa shape index (κ1) is 17.7. The molecule has 0 aliphatic carbocycles. The zero-order valence-electron chi connectivity index (χ0n) is 15.1. The highest BCUT2D eigenvalue weighted by Crippen LogP contribution is 2.19. The molecular weight excluding hydrogens is 328 g/mol. The van der Waals surface area contributed by atoms with Crippen molar-refractivity contribution in [1.82, 2.24) is 9.97 Å². The molecule has 134 valence electrons. The van der Waals surface area contributed by atoms with Gasteiger partial charge in [-0.3, -0.25) is 9.59 Å². The van der Waals surface area contributed by atoms with Crippen molar-refractivity contribution in [2.24, 2.45) is 0 Å². The number of benzene rings is 2. The summed E-state index contributed by atoms with van der Waals surface area (Å²) < 4.78 is 0. The van der Waals surface area contributed by atoms with Gasteiger partial charge in [0, 0.05) is 29.5 Å². The fourth-order valence-corrected chi connectivity index (χ4v) is 3.00. The third-order valence-corrected chi connectivity index (χ3v) is 4.32. The van der Waals surface area contributed by atoms with Crippen LogP contribution in [0.1, 0.15) is 31.1 Å². The number of fused-ring (bicyclic) bond motifs is 1. The summed E-state index contributed by atoms with van der Waals surface area (Å²) in [7, 11) is 0. The second kappa shape index (κ2) is 7.39. The van der Waals surface area contributed by atoms with Gasteiger partial charge in [-0.1, -0.05) is 0 Å². The van der Waals surface area contributed by atoms with E-state index >= 15 is 0 Å². The fraction of sp³-hybridized carbons (Fsp3) is 0.250. The van der Waals surface area contributed by atoms with Crippen molar-refractivity contribution in [1.29, 1.82) is 0 Å². The minimum atomic E-state index is -0.233. The highest BCUT2D eigenvalue weighted by atomic mass is 16.1. The Morgan fingerprint density at radius 2 is 1.92 bits per heavy atom. The number of rotatable bonds is 5. The molecule has 0 aliphatic rings. The Labute approximate surface area is 151 Å². The first-order valence-electron chi connectivity index (χ1n) is 8.65. The van der Waals surface area contributed by atoms with Crippen LogP contribution in [0.2, 0.25) is 0 Å². The van der Waals surface area contributed by atoms with Crippen molar-refractivity contribution in [3.63, 3.8) is 0 Å². The number of aromatic amines is 1. The van der Waals surface area contributed by atoms with Gasteiger partial charge < -0.3 is 15.2 Å². The molecule has 0 unspecified atom stereocenters. The number of hydrogen-bond donors (Lipinski definition) is 2. The summed E-state index contributed by atoms with van der Waals surface area (Å²) in [5.41, 5.74) is 2.56. The monoisotopic (exact) mass is 350 g/mol. The van der Waals surface area contributed by atoms with Crippen LogP contribution in [0.25, 0.3) is 10.9 Å². The molecule has 3 aromatic rings. The van der Waals surface area contributed by atoms with Gasteiger partial charge in [-0.2, -0.15) is 0 Å². The van der Waals surface area contributed by atoms with Gasteiger partial charge in [0.15, 0.2) is 0 Å². The molecule has 1 aromatic heterocycles.